The van der Waals surface area contributed by atoms with Crippen molar-refractivity contribution in [2.45, 2.75) is 49.8 Å². The minimum absolute atomic E-state index is 0.109. The first-order valence-corrected chi connectivity index (χ1v) is 7.63. The van der Waals surface area contributed by atoms with Gasteiger partial charge < -0.3 is 15.4 Å². The zero-order valence-corrected chi connectivity index (χ0v) is 11.6. The number of nitrogens with zero attached hydrogens (tertiary/aromatic N) is 1. The van der Waals surface area contributed by atoms with Crippen LogP contribution < -0.4 is 10.5 Å². The molecule has 4 rings (SSSR count). The summed E-state index contributed by atoms with van der Waals surface area (Å²) in [7, 11) is 0. The molecule has 3 aliphatic rings. The van der Waals surface area contributed by atoms with E-state index in [1.54, 1.807) is 6.07 Å². The van der Waals surface area contributed by atoms with Gasteiger partial charge in [0.15, 0.2) is 0 Å². The molecule has 108 valence electrons. The summed E-state index contributed by atoms with van der Waals surface area (Å²) < 4.78 is 19.7. The maximum absolute atomic E-state index is 13.4. The monoisotopic (exact) mass is 276 g/mol. The summed E-state index contributed by atoms with van der Waals surface area (Å²) in [4.78, 5) is 2.58. The van der Waals surface area contributed by atoms with E-state index in [9.17, 15) is 4.39 Å². The molecule has 2 N–H and O–H groups in total. The normalized spacial score (nSPS) is 36.5. The second kappa shape index (κ2) is 4.43. The number of nitrogens with two attached hydrogens (primary N) is 1. The highest BCUT2D eigenvalue weighted by Gasteiger charge is 2.46. The van der Waals surface area contributed by atoms with E-state index in [2.05, 4.69) is 4.90 Å². The summed E-state index contributed by atoms with van der Waals surface area (Å²) in [5.74, 6) is 0.556. The third-order valence-electron chi connectivity index (χ3n) is 5.25. The number of piperidine rings is 1. The Morgan fingerprint density at radius 2 is 2.20 bits per heavy atom. The molecule has 3 heterocycles. The Hall–Kier alpha value is -1.13. The zero-order valence-electron chi connectivity index (χ0n) is 11.6. The molecule has 20 heavy (non-hydrogen) atoms. The van der Waals surface area contributed by atoms with Crippen LogP contribution in [0.1, 0.15) is 43.7 Å². The van der Waals surface area contributed by atoms with Crippen LogP contribution >= 0.6 is 0 Å². The Bertz CT molecular complexity index is 535. The topological polar surface area (TPSA) is 38.5 Å². The molecular formula is C16H21FN2O. The lowest BCUT2D eigenvalue weighted by atomic mass is 9.78. The van der Waals surface area contributed by atoms with Crippen LogP contribution in [0.5, 0.6) is 5.75 Å². The van der Waals surface area contributed by atoms with E-state index in [0.29, 0.717) is 6.04 Å². The molecule has 4 heteroatoms. The van der Waals surface area contributed by atoms with E-state index in [0.717, 1.165) is 37.1 Å². The Morgan fingerprint density at radius 3 is 3.10 bits per heavy atom. The van der Waals surface area contributed by atoms with Gasteiger partial charge in [0.25, 0.3) is 0 Å². The maximum Gasteiger partial charge on any atom is 0.125 e. The highest BCUT2D eigenvalue weighted by atomic mass is 19.1. The Balaban J connectivity index is 1.63. The maximum atomic E-state index is 13.4. The minimum atomic E-state index is -0.232. The largest absolute Gasteiger partial charge is 0.487 e. The first kappa shape index (κ1) is 12.6. The van der Waals surface area contributed by atoms with Crippen LogP contribution in [0.25, 0.3) is 0 Å². The van der Waals surface area contributed by atoms with Crippen molar-refractivity contribution in [1.29, 1.82) is 0 Å². The molecule has 2 fully saturated rings. The average Bonchev–Trinajstić information content (AvgIpc) is 2.87. The summed E-state index contributed by atoms with van der Waals surface area (Å²) in [5, 5.41) is 0. The molecule has 1 spiro atoms. The molecule has 0 amide bonds. The molecule has 0 radical (unpaired) electrons. The SMILES string of the molecule is NC1CC2(CCN3CCCC3C2)Oc2ccc(F)cc21. The number of ether oxygens (including phenoxy) is 1. The van der Waals surface area contributed by atoms with Crippen LogP contribution in [0, 0.1) is 5.82 Å². The fraction of sp³-hybridized carbons (Fsp3) is 0.625. The zero-order chi connectivity index (χ0) is 13.7. The van der Waals surface area contributed by atoms with Crippen molar-refractivity contribution in [2.75, 3.05) is 13.1 Å². The molecule has 3 nitrogen and oxygen atoms in total. The third kappa shape index (κ3) is 1.93. The number of benzene rings is 1. The van der Waals surface area contributed by atoms with Crippen molar-refractivity contribution in [3.8, 4) is 5.75 Å². The second-order valence-corrected chi connectivity index (χ2v) is 6.56. The van der Waals surface area contributed by atoms with E-state index in [-0.39, 0.29) is 17.5 Å². The van der Waals surface area contributed by atoms with Crippen molar-refractivity contribution < 1.29 is 9.13 Å². The van der Waals surface area contributed by atoms with Gasteiger partial charge in [0.05, 0.1) is 0 Å². The molecular weight excluding hydrogens is 255 g/mol. The molecule has 3 aliphatic heterocycles. The van der Waals surface area contributed by atoms with Crippen LogP contribution in [0.3, 0.4) is 0 Å². The van der Waals surface area contributed by atoms with Crippen molar-refractivity contribution in [3.63, 3.8) is 0 Å². The van der Waals surface area contributed by atoms with E-state index >= 15 is 0 Å². The van der Waals surface area contributed by atoms with E-state index in [1.165, 1.54) is 31.5 Å². The fourth-order valence-corrected chi connectivity index (χ4v) is 4.27. The summed E-state index contributed by atoms with van der Waals surface area (Å²) in [6.45, 7) is 2.34. The average molecular weight is 276 g/mol. The smallest absolute Gasteiger partial charge is 0.125 e. The predicted octanol–water partition coefficient (Wildman–Crippen LogP) is 2.61. The van der Waals surface area contributed by atoms with Gasteiger partial charge in [0.1, 0.15) is 17.2 Å². The van der Waals surface area contributed by atoms with Crippen molar-refractivity contribution >= 4 is 0 Å². The molecule has 1 aromatic carbocycles. The van der Waals surface area contributed by atoms with Crippen LogP contribution in [0.2, 0.25) is 0 Å². The Labute approximate surface area is 118 Å². The van der Waals surface area contributed by atoms with Gasteiger partial charge in [-0.2, -0.15) is 0 Å². The Kier molecular flexibility index (Phi) is 2.79. The lowest BCUT2D eigenvalue weighted by Crippen LogP contribution is -2.53. The van der Waals surface area contributed by atoms with Crippen molar-refractivity contribution in [2.24, 2.45) is 5.73 Å². The minimum Gasteiger partial charge on any atom is -0.487 e. The van der Waals surface area contributed by atoms with Gasteiger partial charge in [0.2, 0.25) is 0 Å². The van der Waals surface area contributed by atoms with E-state index in [1.807, 2.05) is 0 Å². The number of fused-ring (bicyclic) bond motifs is 2. The molecule has 3 unspecified atom stereocenters. The molecule has 0 bridgehead atoms. The van der Waals surface area contributed by atoms with Crippen LogP contribution in [0.15, 0.2) is 18.2 Å². The Morgan fingerprint density at radius 1 is 1.30 bits per heavy atom. The molecule has 0 aromatic heterocycles. The van der Waals surface area contributed by atoms with Gasteiger partial charge >= 0.3 is 0 Å². The van der Waals surface area contributed by atoms with Gasteiger partial charge in [-0.05, 0) is 44.0 Å². The van der Waals surface area contributed by atoms with Gasteiger partial charge in [0, 0.05) is 37.0 Å². The highest BCUT2D eigenvalue weighted by molar-refractivity contribution is 5.39. The predicted molar refractivity (Wildman–Crippen MR) is 75.1 cm³/mol. The third-order valence-corrected chi connectivity index (χ3v) is 5.25. The lowest BCUT2D eigenvalue weighted by molar-refractivity contribution is -0.0359. The fourth-order valence-electron chi connectivity index (χ4n) is 4.27. The standard InChI is InChI=1S/C16H21FN2O/c17-11-3-4-15-13(8-11)14(18)10-16(20-15)5-7-19-6-1-2-12(19)9-16/h3-4,8,12,14H,1-2,5-7,9-10,18H2. The lowest BCUT2D eigenvalue weighted by Gasteiger charge is -2.48. The number of hydrogen-bond donors (Lipinski definition) is 1. The summed E-state index contributed by atoms with van der Waals surface area (Å²) in [6, 6.07) is 5.28. The number of halogens is 1. The van der Waals surface area contributed by atoms with Crippen LogP contribution in [-0.2, 0) is 0 Å². The molecule has 3 atom stereocenters. The van der Waals surface area contributed by atoms with Gasteiger partial charge in [-0.25, -0.2) is 4.39 Å². The molecule has 0 aliphatic carbocycles. The molecule has 1 aromatic rings. The van der Waals surface area contributed by atoms with Crippen molar-refractivity contribution in [1.82, 2.24) is 4.90 Å². The van der Waals surface area contributed by atoms with Crippen LogP contribution in [0.4, 0.5) is 4.39 Å². The molecule has 2 saturated heterocycles. The summed E-state index contributed by atoms with van der Waals surface area (Å²) >= 11 is 0. The van der Waals surface area contributed by atoms with Crippen molar-refractivity contribution in [3.05, 3.63) is 29.6 Å². The summed E-state index contributed by atoms with van der Waals surface area (Å²) in [6.07, 6.45) is 5.49. The van der Waals surface area contributed by atoms with E-state index < -0.39 is 0 Å². The summed E-state index contributed by atoms with van der Waals surface area (Å²) in [5.41, 5.74) is 6.99. The quantitative estimate of drug-likeness (QED) is 0.791. The van der Waals surface area contributed by atoms with Gasteiger partial charge in [-0.15, -0.1) is 0 Å². The van der Waals surface area contributed by atoms with Gasteiger partial charge in [-0.3, -0.25) is 0 Å². The van der Waals surface area contributed by atoms with Crippen LogP contribution in [-0.4, -0.2) is 29.6 Å². The first-order chi connectivity index (χ1) is 9.65. The van der Waals surface area contributed by atoms with Gasteiger partial charge in [-0.1, -0.05) is 0 Å². The number of hydrogen-bond acceptors (Lipinski definition) is 3. The van der Waals surface area contributed by atoms with E-state index in [4.69, 9.17) is 10.5 Å². The second-order valence-electron chi connectivity index (χ2n) is 6.56. The first-order valence-electron chi connectivity index (χ1n) is 7.63. The highest BCUT2D eigenvalue weighted by Crippen LogP contribution is 2.46. The molecule has 0 saturated carbocycles. The number of rotatable bonds is 0.